The number of benzene rings is 2. The van der Waals surface area contributed by atoms with E-state index in [4.69, 9.17) is 11.6 Å². The minimum Gasteiger partial charge on any atom is -0.388 e. The molecule has 0 amide bonds. The van der Waals surface area contributed by atoms with Gasteiger partial charge in [-0.2, -0.15) is 0 Å². The van der Waals surface area contributed by atoms with Crippen LogP contribution in [0.5, 0.6) is 0 Å². The molecule has 1 nitrogen and oxygen atoms in total. The number of halogens is 2. The molecule has 1 unspecified atom stereocenters. The summed E-state index contributed by atoms with van der Waals surface area (Å²) in [5.74, 6) is 0. The molecule has 2 aromatic carbocycles. The predicted molar refractivity (Wildman–Crippen MR) is 74.3 cm³/mol. The molecule has 3 heteroatoms. The summed E-state index contributed by atoms with van der Waals surface area (Å²) in [7, 11) is 0. The number of hydrogen-bond donors (Lipinski definition) is 1. The third kappa shape index (κ3) is 3.32. The van der Waals surface area contributed by atoms with Gasteiger partial charge < -0.3 is 5.11 Å². The summed E-state index contributed by atoms with van der Waals surface area (Å²) in [6.45, 7) is 0. The summed E-state index contributed by atoms with van der Waals surface area (Å²) in [4.78, 5) is 0. The summed E-state index contributed by atoms with van der Waals surface area (Å²) in [6, 6.07) is 15.3. The molecule has 17 heavy (non-hydrogen) atoms. The molecular weight excluding hydrogens is 300 g/mol. The van der Waals surface area contributed by atoms with E-state index in [1.807, 2.05) is 48.5 Å². The van der Waals surface area contributed by atoms with Crippen LogP contribution in [0.2, 0.25) is 5.02 Å². The molecule has 0 heterocycles. The molecule has 0 aliphatic heterocycles. The highest BCUT2D eigenvalue weighted by molar-refractivity contribution is 9.10. The highest BCUT2D eigenvalue weighted by atomic mass is 79.9. The van der Waals surface area contributed by atoms with E-state index in [9.17, 15) is 5.11 Å². The van der Waals surface area contributed by atoms with Crippen molar-refractivity contribution in [1.29, 1.82) is 0 Å². The van der Waals surface area contributed by atoms with Crippen LogP contribution in [0.3, 0.4) is 0 Å². The Hall–Kier alpha value is -0.830. The molecule has 0 bridgehead atoms. The van der Waals surface area contributed by atoms with E-state index in [1.54, 1.807) is 0 Å². The fraction of sp³-hybridized carbons (Fsp3) is 0.143. The Labute approximate surface area is 114 Å². The number of hydrogen-bond acceptors (Lipinski definition) is 1. The standard InChI is InChI=1S/C14H12BrClO/c15-12-7-6-11(13(16)9-12)8-14(17)10-4-2-1-3-5-10/h1-7,9,14,17H,8H2. The van der Waals surface area contributed by atoms with Crippen LogP contribution in [0.1, 0.15) is 17.2 Å². The molecule has 0 aromatic heterocycles. The van der Waals surface area contributed by atoms with Gasteiger partial charge in [0.2, 0.25) is 0 Å². The summed E-state index contributed by atoms with van der Waals surface area (Å²) >= 11 is 9.48. The van der Waals surface area contributed by atoms with Gasteiger partial charge in [-0.25, -0.2) is 0 Å². The van der Waals surface area contributed by atoms with Crippen molar-refractivity contribution in [3.63, 3.8) is 0 Å². The number of aliphatic hydroxyl groups is 1. The Morgan fingerprint density at radius 2 is 1.82 bits per heavy atom. The largest absolute Gasteiger partial charge is 0.388 e. The topological polar surface area (TPSA) is 20.2 Å². The molecule has 0 radical (unpaired) electrons. The van der Waals surface area contributed by atoms with Crippen molar-refractivity contribution in [2.45, 2.75) is 12.5 Å². The maximum atomic E-state index is 10.1. The van der Waals surface area contributed by atoms with Gasteiger partial charge >= 0.3 is 0 Å². The second kappa shape index (κ2) is 5.67. The normalized spacial score (nSPS) is 12.4. The van der Waals surface area contributed by atoms with E-state index in [-0.39, 0.29) is 0 Å². The molecule has 0 aliphatic rings. The van der Waals surface area contributed by atoms with Crippen molar-refractivity contribution >= 4 is 27.5 Å². The van der Waals surface area contributed by atoms with Crippen molar-refractivity contribution in [3.8, 4) is 0 Å². The SMILES string of the molecule is OC(Cc1ccc(Br)cc1Cl)c1ccccc1. The van der Waals surface area contributed by atoms with E-state index < -0.39 is 6.10 Å². The fourth-order valence-electron chi connectivity index (χ4n) is 1.69. The van der Waals surface area contributed by atoms with Crippen molar-refractivity contribution < 1.29 is 5.11 Å². The van der Waals surface area contributed by atoms with E-state index in [0.717, 1.165) is 15.6 Å². The molecule has 1 N–H and O–H groups in total. The summed E-state index contributed by atoms with van der Waals surface area (Å²) in [6.07, 6.45) is 0.00530. The molecule has 0 spiro atoms. The zero-order valence-corrected chi connectivity index (χ0v) is 11.4. The molecule has 0 aliphatic carbocycles. The average Bonchev–Trinajstić information content (AvgIpc) is 2.34. The minimum absolute atomic E-state index is 0.519. The molecule has 0 fully saturated rings. The first-order chi connectivity index (χ1) is 8.16. The van der Waals surface area contributed by atoms with Gasteiger partial charge in [-0.1, -0.05) is 63.9 Å². The monoisotopic (exact) mass is 310 g/mol. The Balaban J connectivity index is 2.16. The maximum Gasteiger partial charge on any atom is 0.0830 e. The molecule has 0 saturated heterocycles. The fourth-order valence-corrected chi connectivity index (χ4v) is 2.44. The van der Waals surface area contributed by atoms with E-state index >= 15 is 0 Å². The summed E-state index contributed by atoms with van der Waals surface area (Å²) in [5, 5.41) is 10.8. The Morgan fingerprint density at radius 3 is 2.47 bits per heavy atom. The van der Waals surface area contributed by atoms with Gasteiger partial charge in [0.1, 0.15) is 0 Å². The zero-order chi connectivity index (χ0) is 12.3. The first-order valence-electron chi connectivity index (χ1n) is 5.34. The first-order valence-corrected chi connectivity index (χ1v) is 6.51. The van der Waals surface area contributed by atoms with Gasteiger partial charge in [0, 0.05) is 15.9 Å². The Bertz CT molecular complexity index is 499. The number of aliphatic hydroxyl groups excluding tert-OH is 1. The summed E-state index contributed by atoms with van der Waals surface area (Å²) < 4.78 is 0.945. The highest BCUT2D eigenvalue weighted by Gasteiger charge is 2.10. The van der Waals surface area contributed by atoms with Gasteiger partial charge in [0.25, 0.3) is 0 Å². The third-order valence-electron chi connectivity index (χ3n) is 2.61. The Kier molecular flexibility index (Phi) is 4.21. The lowest BCUT2D eigenvalue weighted by Crippen LogP contribution is -2.01. The maximum absolute atomic E-state index is 10.1. The van der Waals surface area contributed by atoms with Crippen LogP contribution in [0, 0.1) is 0 Å². The zero-order valence-electron chi connectivity index (χ0n) is 9.11. The van der Waals surface area contributed by atoms with Crippen LogP contribution in [0.15, 0.2) is 53.0 Å². The second-order valence-electron chi connectivity index (χ2n) is 3.87. The second-order valence-corrected chi connectivity index (χ2v) is 5.19. The minimum atomic E-state index is -0.519. The molecule has 2 rings (SSSR count). The quantitative estimate of drug-likeness (QED) is 0.892. The van der Waals surface area contributed by atoms with Gasteiger partial charge in [-0.3, -0.25) is 0 Å². The smallest absolute Gasteiger partial charge is 0.0830 e. The first kappa shape index (κ1) is 12.6. The number of rotatable bonds is 3. The van der Waals surface area contributed by atoms with Crippen LogP contribution < -0.4 is 0 Å². The predicted octanol–water partition coefficient (Wildman–Crippen LogP) is 4.38. The third-order valence-corrected chi connectivity index (χ3v) is 3.46. The molecule has 1 atom stereocenters. The lowest BCUT2D eigenvalue weighted by molar-refractivity contribution is 0.178. The van der Waals surface area contributed by atoms with Gasteiger partial charge in [0.05, 0.1) is 6.10 Å². The molecular formula is C14H12BrClO. The van der Waals surface area contributed by atoms with Crippen LogP contribution in [0.4, 0.5) is 0 Å². The van der Waals surface area contributed by atoms with E-state index in [2.05, 4.69) is 15.9 Å². The van der Waals surface area contributed by atoms with Gasteiger partial charge in [-0.15, -0.1) is 0 Å². The lowest BCUT2D eigenvalue weighted by Gasteiger charge is -2.12. The van der Waals surface area contributed by atoms with E-state index in [0.29, 0.717) is 11.4 Å². The van der Waals surface area contributed by atoms with Crippen LogP contribution in [-0.4, -0.2) is 5.11 Å². The van der Waals surface area contributed by atoms with Crippen molar-refractivity contribution in [1.82, 2.24) is 0 Å². The average molecular weight is 312 g/mol. The highest BCUT2D eigenvalue weighted by Crippen LogP contribution is 2.26. The van der Waals surface area contributed by atoms with Crippen molar-refractivity contribution in [2.75, 3.05) is 0 Å². The molecule has 2 aromatic rings. The molecule has 88 valence electrons. The summed E-state index contributed by atoms with van der Waals surface area (Å²) in [5.41, 5.74) is 1.86. The van der Waals surface area contributed by atoms with Gasteiger partial charge in [0.15, 0.2) is 0 Å². The van der Waals surface area contributed by atoms with Crippen molar-refractivity contribution in [3.05, 3.63) is 69.2 Å². The van der Waals surface area contributed by atoms with Crippen LogP contribution >= 0.6 is 27.5 Å². The lowest BCUT2D eigenvalue weighted by atomic mass is 10.0. The van der Waals surface area contributed by atoms with Crippen LogP contribution in [0.25, 0.3) is 0 Å². The van der Waals surface area contributed by atoms with Crippen molar-refractivity contribution in [2.24, 2.45) is 0 Å². The Morgan fingerprint density at radius 1 is 1.12 bits per heavy atom. The van der Waals surface area contributed by atoms with E-state index in [1.165, 1.54) is 0 Å². The molecule has 0 saturated carbocycles. The van der Waals surface area contributed by atoms with Gasteiger partial charge in [-0.05, 0) is 23.3 Å². The van der Waals surface area contributed by atoms with Crippen LogP contribution in [-0.2, 0) is 6.42 Å².